The number of aldehydes is 1. The second-order valence-corrected chi connectivity index (χ2v) is 7.75. The molecule has 3 rings (SSSR count). The van der Waals surface area contributed by atoms with Crippen molar-refractivity contribution in [3.63, 3.8) is 0 Å². The molecule has 33 heavy (non-hydrogen) atoms. The Bertz CT molecular complexity index is 1040. The molecule has 176 valence electrons. The van der Waals surface area contributed by atoms with Gasteiger partial charge in [0.1, 0.15) is 12.4 Å². The summed E-state index contributed by atoms with van der Waals surface area (Å²) in [6.45, 7) is -0.223. The van der Waals surface area contributed by atoms with Crippen LogP contribution in [-0.4, -0.2) is 51.0 Å². The number of anilines is 1. The summed E-state index contributed by atoms with van der Waals surface area (Å²) in [6, 6.07) is 8.86. The minimum absolute atomic E-state index is 0.00663. The topological polar surface area (TPSA) is 124 Å². The van der Waals surface area contributed by atoms with Crippen molar-refractivity contribution in [2.75, 3.05) is 11.9 Å². The van der Waals surface area contributed by atoms with E-state index in [9.17, 15) is 32.9 Å². The maximum atomic E-state index is 12.7. The Labute approximate surface area is 190 Å². The SMILES string of the molecule is O=C[C@]1(Nc2cccc(OC(F)(F)F)n2)C[C@H](S)CN1C(=O)OCc1ccc([N+](=O)[O-])cc1. The summed E-state index contributed by atoms with van der Waals surface area (Å²) < 4.78 is 46.4. The predicted molar refractivity (Wildman–Crippen MR) is 111 cm³/mol. The highest BCUT2D eigenvalue weighted by molar-refractivity contribution is 7.81. The van der Waals surface area contributed by atoms with Crippen LogP contribution in [0.4, 0.5) is 29.5 Å². The van der Waals surface area contributed by atoms with Gasteiger partial charge in [-0.2, -0.15) is 17.6 Å². The Morgan fingerprint density at radius 2 is 2.03 bits per heavy atom. The van der Waals surface area contributed by atoms with Crippen molar-refractivity contribution in [2.45, 2.75) is 30.3 Å². The largest absolute Gasteiger partial charge is 0.574 e. The Balaban J connectivity index is 1.74. The third-order valence-corrected chi connectivity index (χ3v) is 4.98. The number of halogens is 3. The fourth-order valence-corrected chi connectivity index (χ4v) is 3.66. The molecule has 0 radical (unpaired) electrons. The van der Waals surface area contributed by atoms with Gasteiger partial charge in [-0.15, -0.1) is 13.2 Å². The van der Waals surface area contributed by atoms with E-state index in [1.165, 1.54) is 36.4 Å². The number of nitrogens with one attached hydrogen (secondary N) is 1. The molecular formula is C19H17F3N4O6S. The number of hydrogen-bond acceptors (Lipinski definition) is 9. The molecule has 1 N–H and O–H groups in total. The number of non-ortho nitro benzene ring substituents is 1. The van der Waals surface area contributed by atoms with Crippen molar-refractivity contribution in [1.82, 2.24) is 9.88 Å². The lowest BCUT2D eigenvalue weighted by molar-refractivity contribution is -0.384. The Morgan fingerprint density at radius 1 is 1.33 bits per heavy atom. The summed E-state index contributed by atoms with van der Waals surface area (Å²) in [5.41, 5.74) is -1.34. The smallest absolute Gasteiger partial charge is 0.444 e. The van der Waals surface area contributed by atoms with Crippen LogP contribution in [0.25, 0.3) is 0 Å². The second kappa shape index (κ2) is 9.52. The van der Waals surface area contributed by atoms with E-state index in [4.69, 9.17) is 4.74 Å². The molecule has 1 amide bonds. The monoisotopic (exact) mass is 486 g/mol. The number of amides is 1. The van der Waals surface area contributed by atoms with Crippen molar-refractivity contribution in [1.29, 1.82) is 0 Å². The zero-order valence-corrected chi connectivity index (χ0v) is 17.6. The second-order valence-electron chi connectivity index (χ2n) is 7.02. The maximum absolute atomic E-state index is 12.7. The van der Waals surface area contributed by atoms with E-state index in [-0.39, 0.29) is 31.1 Å². The summed E-state index contributed by atoms with van der Waals surface area (Å²) in [4.78, 5) is 39.7. The highest BCUT2D eigenvalue weighted by Gasteiger charge is 2.48. The molecule has 1 aromatic carbocycles. The molecular weight excluding hydrogens is 469 g/mol. The number of alkyl halides is 3. The third kappa shape index (κ3) is 6.03. The number of nitro benzene ring substituents is 1. The van der Waals surface area contributed by atoms with Crippen LogP contribution in [-0.2, 0) is 16.1 Å². The molecule has 2 aromatic rings. The number of ether oxygens (including phenoxy) is 2. The molecule has 0 aliphatic carbocycles. The molecule has 10 nitrogen and oxygen atoms in total. The van der Waals surface area contributed by atoms with Gasteiger partial charge in [0.25, 0.3) is 5.69 Å². The molecule has 1 aromatic heterocycles. The number of carbonyl (C=O) groups is 2. The Morgan fingerprint density at radius 3 is 2.64 bits per heavy atom. The van der Waals surface area contributed by atoms with Crippen LogP contribution in [0.15, 0.2) is 42.5 Å². The lowest BCUT2D eigenvalue weighted by Crippen LogP contribution is -2.54. The normalized spacial score (nSPS) is 20.2. The van der Waals surface area contributed by atoms with E-state index in [0.717, 1.165) is 11.0 Å². The van der Waals surface area contributed by atoms with Crippen molar-refractivity contribution in [3.8, 4) is 5.88 Å². The molecule has 1 aliphatic heterocycles. The Kier molecular flexibility index (Phi) is 6.95. The van der Waals surface area contributed by atoms with Crippen molar-refractivity contribution >= 4 is 36.5 Å². The van der Waals surface area contributed by atoms with Gasteiger partial charge in [0, 0.05) is 36.4 Å². The summed E-state index contributed by atoms with van der Waals surface area (Å²) in [5, 5.41) is 13.0. The number of thiol groups is 1. The number of hydrogen-bond donors (Lipinski definition) is 2. The predicted octanol–water partition coefficient (Wildman–Crippen LogP) is 3.54. The zero-order chi connectivity index (χ0) is 24.2. The van der Waals surface area contributed by atoms with Gasteiger partial charge in [-0.3, -0.25) is 19.8 Å². The molecule has 1 fully saturated rings. The lowest BCUT2D eigenvalue weighted by atomic mass is 10.1. The number of nitro groups is 1. The first kappa shape index (κ1) is 24.1. The van der Waals surface area contributed by atoms with E-state index < -0.39 is 34.2 Å². The van der Waals surface area contributed by atoms with Gasteiger partial charge >= 0.3 is 12.5 Å². The van der Waals surface area contributed by atoms with Crippen LogP contribution >= 0.6 is 12.6 Å². The van der Waals surface area contributed by atoms with Crippen LogP contribution in [0.5, 0.6) is 5.88 Å². The van der Waals surface area contributed by atoms with Gasteiger partial charge in [0.2, 0.25) is 5.88 Å². The molecule has 2 heterocycles. The summed E-state index contributed by atoms with van der Waals surface area (Å²) in [6.07, 6.45) is -5.40. The molecule has 1 saturated heterocycles. The first-order valence-corrected chi connectivity index (χ1v) is 9.86. The van der Waals surface area contributed by atoms with Gasteiger partial charge in [-0.05, 0) is 23.8 Å². The van der Waals surface area contributed by atoms with E-state index in [1.54, 1.807) is 0 Å². The van der Waals surface area contributed by atoms with E-state index in [1.807, 2.05) is 0 Å². The molecule has 1 aliphatic rings. The first-order valence-electron chi connectivity index (χ1n) is 9.34. The average molecular weight is 486 g/mol. The van der Waals surface area contributed by atoms with Gasteiger partial charge in [0.15, 0.2) is 11.9 Å². The molecule has 2 atom stereocenters. The van der Waals surface area contributed by atoms with Crippen LogP contribution in [0, 0.1) is 10.1 Å². The quantitative estimate of drug-likeness (QED) is 0.264. The van der Waals surface area contributed by atoms with Crippen molar-refractivity contribution < 1.29 is 37.2 Å². The maximum Gasteiger partial charge on any atom is 0.574 e. The van der Waals surface area contributed by atoms with Gasteiger partial charge in [-0.25, -0.2) is 4.79 Å². The van der Waals surface area contributed by atoms with Crippen LogP contribution in [0.1, 0.15) is 12.0 Å². The van der Waals surface area contributed by atoms with Crippen LogP contribution in [0.3, 0.4) is 0 Å². The van der Waals surface area contributed by atoms with Gasteiger partial charge in [-0.1, -0.05) is 6.07 Å². The van der Waals surface area contributed by atoms with Crippen molar-refractivity contribution in [2.24, 2.45) is 0 Å². The summed E-state index contributed by atoms with van der Waals surface area (Å²) >= 11 is 4.32. The first-order chi connectivity index (χ1) is 15.5. The minimum atomic E-state index is -4.95. The van der Waals surface area contributed by atoms with Gasteiger partial charge < -0.3 is 14.8 Å². The van der Waals surface area contributed by atoms with E-state index in [0.29, 0.717) is 11.8 Å². The van der Waals surface area contributed by atoms with Crippen LogP contribution in [0.2, 0.25) is 0 Å². The standard InChI is InChI=1S/C19H17F3N4O6S/c20-19(21,22)32-16-3-1-2-15(23-16)24-18(11-27)8-14(33)9-25(18)17(28)31-10-12-4-6-13(7-5-12)26(29)30/h1-7,11,14,33H,8-10H2,(H,23,24)/t14-,18-/m0/s1. The molecule has 0 spiro atoms. The number of aromatic nitrogens is 1. The molecule has 0 saturated carbocycles. The number of carbonyl (C=O) groups excluding carboxylic acids is 2. The minimum Gasteiger partial charge on any atom is -0.444 e. The van der Waals surface area contributed by atoms with Gasteiger partial charge in [0.05, 0.1) is 4.92 Å². The number of nitrogens with zero attached hydrogens (tertiary/aromatic N) is 3. The molecule has 0 unspecified atom stereocenters. The fourth-order valence-electron chi connectivity index (χ4n) is 3.22. The molecule has 14 heteroatoms. The third-order valence-electron chi connectivity index (χ3n) is 4.63. The van der Waals surface area contributed by atoms with E-state index in [2.05, 4.69) is 27.7 Å². The summed E-state index contributed by atoms with van der Waals surface area (Å²) in [5.74, 6) is -0.888. The average Bonchev–Trinajstić information content (AvgIpc) is 3.07. The van der Waals surface area contributed by atoms with Crippen LogP contribution < -0.4 is 10.1 Å². The lowest BCUT2D eigenvalue weighted by Gasteiger charge is -2.34. The Hall–Kier alpha value is -3.55. The van der Waals surface area contributed by atoms with Crippen molar-refractivity contribution in [3.05, 3.63) is 58.1 Å². The summed E-state index contributed by atoms with van der Waals surface area (Å²) in [7, 11) is 0. The fraction of sp³-hybridized carbons (Fsp3) is 0.316. The highest BCUT2D eigenvalue weighted by atomic mass is 32.1. The highest BCUT2D eigenvalue weighted by Crippen LogP contribution is 2.33. The molecule has 0 bridgehead atoms. The van der Waals surface area contributed by atoms with E-state index >= 15 is 0 Å². The number of likely N-dealkylation sites (tertiary alicyclic amines) is 1. The number of rotatable bonds is 7. The number of pyridine rings is 1. The number of benzene rings is 1. The zero-order valence-electron chi connectivity index (χ0n) is 16.7.